The van der Waals surface area contributed by atoms with Crippen LogP contribution in [0.25, 0.3) is 0 Å². The molecule has 0 spiro atoms. The number of phenols is 1. The molecule has 1 fully saturated rings. The predicted octanol–water partition coefficient (Wildman–Crippen LogP) is 4.49. The summed E-state index contributed by atoms with van der Waals surface area (Å²) in [6, 6.07) is 11.1. The van der Waals surface area contributed by atoms with E-state index in [0.717, 1.165) is 17.7 Å². The van der Waals surface area contributed by atoms with E-state index in [1.54, 1.807) is 30.9 Å². The molecule has 42 heavy (non-hydrogen) atoms. The lowest BCUT2D eigenvalue weighted by Gasteiger charge is -2.37. The van der Waals surface area contributed by atoms with Gasteiger partial charge in [0.2, 0.25) is 0 Å². The molecule has 2 N–H and O–H groups in total. The number of ether oxygens (including phenoxy) is 1. The molecular weight excluding hydrogens is 534 g/mol. The highest BCUT2D eigenvalue weighted by atomic mass is 16.6. The van der Waals surface area contributed by atoms with Gasteiger partial charge in [0.05, 0.1) is 17.9 Å². The monoisotopic (exact) mass is 567 g/mol. The summed E-state index contributed by atoms with van der Waals surface area (Å²) in [7, 11) is 0. The zero-order valence-electron chi connectivity index (χ0n) is 23.7. The summed E-state index contributed by atoms with van der Waals surface area (Å²) in [4.78, 5) is 49.9. The van der Waals surface area contributed by atoms with Crippen molar-refractivity contribution < 1.29 is 24.2 Å². The standard InChI is InChI=1S/C32H33N5O5/c1-4-5-13-33-14-15-34-30(39)28(21-24-19-22(2)29(38)23(3)20-24)42-32(41)36-16-11-26(12-17-36)37-18-10-25-8-6-7-9-27(25)35-31(37)40/h6-9,13,19-20,26,28,38H,1,10-12,16-18,21H2,2-3H3,(H,35,40)/t28-/m1/s1. The summed E-state index contributed by atoms with van der Waals surface area (Å²) in [5.74, 6) is 4.09. The molecule has 1 saturated heterocycles. The molecule has 4 rings (SSSR count). The van der Waals surface area contributed by atoms with Crippen LogP contribution in [0.15, 0.2) is 70.6 Å². The fraction of sp³-hybridized carbons (Fsp3) is 0.344. The highest BCUT2D eigenvalue weighted by molar-refractivity contribution is 5.97. The minimum Gasteiger partial charge on any atom is -0.507 e. The molecule has 1 atom stereocenters. The van der Waals surface area contributed by atoms with Crippen LogP contribution in [0.4, 0.5) is 15.3 Å². The van der Waals surface area contributed by atoms with Crippen LogP contribution in [0.5, 0.6) is 5.75 Å². The number of benzene rings is 2. The van der Waals surface area contributed by atoms with Crippen molar-refractivity contribution >= 4 is 35.5 Å². The molecule has 10 heteroatoms. The van der Waals surface area contributed by atoms with Crippen molar-refractivity contribution in [3.63, 3.8) is 0 Å². The number of rotatable bonds is 6. The van der Waals surface area contributed by atoms with Crippen LogP contribution in [-0.4, -0.2) is 76.5 Å². The number of para-hydroxylation sites is 1. The molecule has 2 aliphatic heterocycles. The number of hydrogen-bond acceptors (Lipinski definition) is 6. The number of hydrogen-bond donors (Lipinski definition) is 2. The van der Waals surface area contributed by atoms with E-state index in [9.17, 15) is 19.5 Å². The van der Waals surface area contributed by atoms with Crippen molar-refractivity contribution in [2.24, 2.45) is 9.98 Å². The van der Waals surface area contributed by atoms with Crippen molar-refractivity contribution in [2.75, 3.05) is 25.0 Å². The Morgan fingerprint density at radius 1 is 1.17 bits per heavy atom. The minimum absolute atomic E-state index is 0.0252. The zero-order valence-corrected chi connectivity index (χ0v) is 23.7. The molecular formula is C32H33N5O5. The SMILES string of the molecule is C=C=C=CN=C=C=NC(=O)[C@@H](Cc1cc(C)c(O)c(C)c1)OC(=O)N1CCC(N2CCc3ccccc3NC2=O)CC1. The third-order valence-corrected chi connectivity index (χ3v) is 7.31. The lowest BCUT2D eigenvalue weighted by molar-refractivity contribution is -0.126. The molecule has 0 aromatic heterocycles. The maximum atomic E-state index is 13.2. The number of nitrogens with zero attached hydrogens (tertiary/aromatic N) is 4. The third kappa shape index (κ3) is 7.55. The van der Waals surface area contributed by atoms with Crippen molar-refractivity contribution in [1.82, 2.24) is 9.80 Å². The summed E-state index contributed by atoms with van der Waals surface area (Å²) in [6.07, 6.45) is 1.33. The largest absolute Gasteiger partial charge is 0.507 e. The summed E-state index contributed by atoms with van der Waals surface area (Å²) >= 11 is 0. The minimum atomic E-state index is -1.23. The van der Waals surface area contributed by atoms with Gasteiger partial charge in [-0.3, -0.25) is 4.79 Å². The smallest absolute Gasteiger partial charge is 0.410 e. The molecule has 2 aromatic rings. The van der Waals surface area contributed by atoms with Gasteiger partial charge >= 0.3 is 12.1 Å². The second kappa shape index (κ2) is 14.0. The van der Waals surface area contributed by atoms with Crippen LogP contribution in [0, 0.1) is 13.8 Å². The Morgan fingerprint density at radius 3 is 2.60 bits per heavy atom. The van der Waals surface area contributed by atoms with E-state index >= 15 is 0 Å². The van der Waals surface area contributed by atoms with Crippen LogP contribution in [0.3, 0.4) is 0 Å². The van der Waals surface area contributed by atoms with Gasteiger partial charge in [-0.05, 0) is 73.7 Å². The number of urea groups is 1. The summed E-state index contributed by atoms with van der Waals surface area (Å²) < 4.78 is 5.68. The van der Waals surface area contributed by atoms with Crippen molar-refractivity contribution in [3.05, 3.63) is 82.9 Å². The molecule has 216 valence electrons. The van der Waals surface area contributed by atoms with E-state index in [0.29, 0.717) is 49.2 Å². The second-order valence-corrected chi connectivity index (χ2v) is 10.2. The first kappa shape index (κ1) is 29.9. The Balaban J connectivity index is 1.43. The number of carbonyl (C=O) groups excluding carboxylic acids is 3. The quantitative estimate of drug-likeness (QED) is 0.393. The Labute approximate surface area is 244 Å². The lowest BCUT2D eigenvalue weighted by atomic mass is 10.0. The number of amides is 4. The van der Waals surface area contributed by atoms with Gasteiger partial charge in [0, 0.05) is 37.8 Å². The topological polar surface area (TPSA) is 124 Å². The molecule has 0 aliphatic carbocycles. The molecule has 0 saturated carbocycles. The summed E-state index contributed by atoms with van der Waals surface area (Å²) in [5.41, 5.74) is 8.80. The van der Waals surface area contributed by atoms with Crippen molar-refractivity contribution in [1.29, 1.82) is 0 Å². The molecule has 10 nitrogen and oxygen atoms in total. The van der Waals surface area contributed by atoms with Gasteiger partial charge in [0.1, 0.15) is 5.75 Å². The fourth-order valence-electron chi connectivity index (χ4n) is 5.14. The van der Waals surface area contributed by atoms with Gasteiger partial charge < -0.3 is 25.0 Å². The highest BCUT2D eigenvalue weighted by Crippen LogP contribution is 2.26. The Bertz CT molecular complexity index is 1530. The van der Waals surface area contributed by atoms with E-state index in [-0.39, 0.29) is 24.2 Å². The average Bonchev–Trinajstić information content (AvgIpc) is 3.15. The molecule has 0 radical (unpaired) electrons. The molecule has 2 heterocycles. The molecule has 0 bridgehead atoms. The number of aliphatic imine (C=N–C) groups is 2. The molecule has 2 aromatic carbocycles. The van der Waals surface area contributed by atoms with Crippen LogP contribution in [0.2, 0.25) is 0 Å². The van der Waals surface area contributed by atoms with Crippen LogP contribution in [0.1, 0.15) is 35.1 Å². The number of aromatic hydroxyl groups is 1. The number of anilines is 1. The van der Waals surface area contributed by atoms with Crippen LogP contribution < -0.4 is 5.32 Å². The number of fused-ring (bicyclic) bond motifs is 1. The first-order chi connectivity index (χ1) is 20.3. The summed E-state index contributed by atoms with van der Waals surface area (Å²) in [6.45, 7) is 8.20. The molecule has 4 amide bonds. The van der Waals surface area contributed by atoms with Gasteiger partial charge in [0.15, 0.2) is 6.10 Å². The first-order valence-corrected chi connectivity index (χ1v) is 13.7. The fourth-order valence-corrected chi connectivity index (χ4v) is 5.14. The maximum Gasteiger partial charge on any atom is 0.410 e. The number of piperidine rings is 1. The van der Waals surface area contributed by atoms with Crippen molar-refractivity contribution in [2.45, 2.75) is 51.7 Å². The van der Waals surface area contributed by atoms with Crippen molar-refractivity contribution in [3.8, 4) is 5.75 Å². The normalized spacial score (nSPS) is 15.3. The number of phenolic OH excluding ortho intramolecular Hbond substituents is 1. The average molecular weight is 568 g/mol. The van der Waals surface area contributed by atoms with E-state index in [4.69, 9.17) is 4.74 Å². The van der Waals surface area contributed by atoms with Gasteiger partial charge in [-0.25, -0.2) is 9.59 Å². The van der Waals surface area contributed by atoms with E-state index < -0.39 is 18.1 Å². The number of carbonyl (C=O) groups is 3. The second-order valence-electron chi connectivity index (χ2n) is 10.2. The van der Waals surface area contributed by atoms with Crippen LogP contribution >= 0.6 is 0 Å². The van der Waals surface area contributed by atoms with Gasteiger partial charge in [-0.1, -0.05) is 36.1 Å². The predicted molar refractivity (Wildman–Crippen MR) is 159 cm³/mol. The van der Waals surface area contributed by atoms with Crippen LogP contribution in [-0.2, 0) is 22.4 Å². The Hall–Kier alpha value is -5.09. The zero-order chi connectivity index (χ0) is 30.1. The Kier molecular flexibility index (Phi) is 9.96. The number of nitrogens with one attached hydrogen (secondary N) is 1. The van der Waals surface area contributed by atoms with Gasteiger partial charge in [-0.2, -0.15) is 9.98 Å². The number of likely N-dealkylation sites (tertiary alicyclic amines) is 1. The first-order valence-electron chi connectivity index (χ1n) is 13.7. The highest BCUT2D eigenvalue weighted by Gasteiger charge is 2.33. The Morgan fingerprint density at radius 2 is 1.88 bits per heavy atom. The lowest BCUT2D eigenvalue weighted by Crippen LogP contribution is -2.50. The van der Waals surface area contributed by atoms with Gasteiger partial charge in [-0.15, -0.1) is 0 Å². The van der Waals surface area contributed by atoms with E-state index in [2.05, 4.69) is 45.1 Å². The summed E-state index contributed by atoms with van der Waals surface area (Å²) in [5, 5.41) is 13.1. The number of aryl methyl sites for hydroxylation is 2. The van der Waals surface area contributed by atoms with Gasteiger partial charge in [0.25, 0.3) is 5.91 Å². The van der Waals surface area contributed by atoms with E-state index in [1.807, 2.05) is 29.2 Å². The molecule has 0 unspecified atom stereocenters. The van der Waals surface area contributed by atoms with E-state index in [1.165, 1.54) is 6.20 Å². The molecule has 2 aliphatic rings. The maximum absolute atomic E-state index is 13.2. The third-order valence-electron chi connectivity index (χ3n) is 7.31.